The zero-order valence-electron chi connectivity index (χ0n) is 19.6. The number of fused-ring (bicyclic) bond motifs is 3. The molecular formula is C25H30O7. The van der Waals surface area contributed by atoms with Crippen LogP contribution in [-0.2, 0) is 33.4 Å². The Bertz CT molecular complexity index is 1010. The number of esters is 3. The van der Waals surface area contributed by atoms with Gasteiger partial charge in [0.15, 0.2) is 5.78 Å². The Morgan fingerprint density at radius 3 is 2.44 bits per heavy atom. The van der Waals surface area contributed by atoms with Gasteiger partial charge in [-0.1, -0.05) is 22.8 Å². The maximum absolute atomic E-state index is 13.1. The van der Waals surface area contributed by atoms with Crippen molar-refractivity contribution in [3.63, 3.8) is 0 Å². The maximum atomic E-state index is 13.1. The lowest BCUT2D eigenvalue weighted by Gasteiger charge is -2.34. The van der Waals surface area contributed by atoms with Crippen LogP contribution in [0.2, 0.25) is 0 Å². The lowest BCUT2D eigenvalue weighted by molar-refractivity contribution is -0.174. The number of hydrogen-bond donors (Lipinski definition) is 0. The number of carbonyl (C=O) groups is 4. The summed E-state index contributed by atoms with van der Waals surface area (Å²) in [6.45, 7) is 12.0. The molecule has 0 radical (unpaired) electrons. The summed E-state index contributed by atoms with van der Waals surface area (Å²) < 4.78 is 17.3. The minimum absolute atomic E-state index is 0.133. The van der Waals surface area contributed by atoms with Crippen molar-refractivity contribution in [2.75, 3.05) is 0 Å². The van der Waals surface area contributed by atoms with E-state index in [1.807, 2.05) is 13.8 Å². The molecule has 0 aromatic rings. The summed E-state index contributed by atoms with van der Waals surface area (Å²) in [7, 11) is 0. The number of carbonyl (C=O) groups excluding carboxylic acids is 4. The van der Waals surface area contributed by atoms with Gasteiger partial charge in [-0.05, 0) is 54.5 Å². The highest BCUT2D eigenvalue weighted by Gasteiger charge is 2.65. The molecule has 5 atom stereocenters. The molecule has 0 spiro atoms. The van der Waals surface area contributed by atoms with E-state index in [1.54, 1.807) is 39.8 Å². The third kappa shape index (κ3) is 3.96. The molecule has 3 aliphatic rings. The quantitative estimate of drug-likeness (QED) is 0.373. The van der Waals surface area contributed by atoms with Gasteiger partial charge >= 0.3 is 17.9 Å². The van der Waals surface area contributed by atoms with E-state index in [2.05, 4.69) is 0 Å². The first-order valence-electron chi connectivity index (χ1n) is 10.8. The zero-order valence-corrected chi connectivity index (χ0v) is 19.6. The van der Waals surface area contributed by atoms with Crippen LogP contribution in [0.15, 0.2) is 46.1 Å². The summed E-state index contributed by atoms with van der Waals surface area (Å²) >= 11 is 0. The van der Waals surface area contributed by atoms with Gasteiger partial charge in [-0.3, -0.25) is 4.79 Å². The fourth-order valence-corrected chi connectivity index (χ4v) is 4.85. The van der Waals surface area contributed by atoms with E-state index >= 15 is 0 Å². The van der Waals surface area contributed by atoms with E-state index in [1.165, 1.54) is 13.0 Å². The minimum atomic E-state index is -1.68. The van der Waals surface area contributed by atoms with E-state index in [4.69, 9.17) is 14.2 Å². The van der Waals surface area contributed by atoms with E-state index < -0.39 is 47.6 Å². The molecule has 1 heterocycles. The van der Waals surface area contributed by atoms with Crippen molar-refractivity contribution in [3.8, 4) is 0 Å². The Morgan fingerprint density at radius 1 is 1.19 bits per heavy atom. The van der Waals surface area contributed by atoms with E-state index in [0.29, 0.717) is 16.7 Å². The predicted molar refractivity (Wildman–Crippen MR) is 116 cm³/mol. The lowest BCUT2D eigenvalue weighted by Crippen LogP contribution is -2.50. The van der Waals surface area contributed by atoms with Crippen molar-refractivity contribution in [3.05, 3.63) is 46.1 Å². The van der Waals surface area contributed by atoms with Crippen molar-refractivity contribution in [2.24, 2.45) is 11.8 Å². The van der Waals surface area contributed by atoms with E-state index in [9.17, 15) is 19.2 Å². The van der Waals surface area contributed by atoms with Gasteiger partial charge in [-0.2, -0.15) is 0 Å². The summed E-state index contributed by atoms with van der Waals surface area (Å²) in [5.74, 6) is -3.30. The first kappa shape index (κ1) is 23.7. The van der Waals surface area contributed by atoms with E-state index in [0.717, 1.165) is 11.1 Å². The van der Waals surface area contributed by atoms with Gasteiger partial charge in [0.1, 0.15) is 12.2 Å². The first-order valence-corrected chi connectivity index (χ1v) is 10.8. The summed E-state index contributed by atoms with van der Waals surface area (Å²) in [4.78, 5) is 51.0. The molecule has 0 amide bonds. The van der Waals surface area contributed by atoms with Crippen LogP contribution in [0.25, 0.3) is 0 Å². The second-order valence-corrected chi connectivity index (χ2v) is 9.19. The molecule has 7 nitrogen and oxygen atoms in total. The van der Waals surface area contributed by atoms with Gasteiger partial charge in [-0.25, -0.2) is 14.4 Å². The molecular weight excluding hydrogens is 412 g/mol. The standard InChI is InChI=1S/C25H30O7/c1-8-13(4)23(28)30-17-11-15(6)19-16(26)10-14(5)20(19)22-21(17)25(7,24(29)31-22)32-18(27)9-12(2)3/h8-10,17,20-22H,11H2,1-7H3/b13-8+/t17-,20?,21?,22-,25-/m0/s1. The highest BCUT2D eigenvalue weighted by Crippen LogP contribution is 2.51. The third-order valence-electron chi connectivity index (χ3n) is 6.49. The zero-order chi connectivity index (χ0) is 24.0. The van der Waals surface area contributed by atoms with Gasteiger partial charge in [0, 0.05) is 29.6 Å². The van der Waals surface area contributed by atoms with Crippen LogP contribution in [0.4, 0.5) is 0 Å². The van der Waals surface area contributed by atoms with Crippen LogP contribution >= 0.6 is 0 Å². The lowest BCUT2D eigenvalue weighted by atomic mass is 9.77. The fourth-order valence-electron chi connectivity index (χ4n) is 4.85. The summed E-state index contributed by atoms with van der Waals surface area (Å²) in [5.41, 5.74) is 1.55. The smallest absolute Gasteiger partial charge is 0.351 e. The number of rotatable bonds is 4. The number of hydrogen-bond acceptors (Lipinski definition) is 7. The molecule has 172 valence electrons. The van der Waals surface area contributed by atoms with Crippen LogP contribution < -0.4 is 0 Å². The molecule has 0 aromatic heterocycles. The molecule has 0 bridgehead atoms. The van der Waals surface area contributed by atoms with Crippen molar-refractivity contribution in [1.29, 1.82) is 0 Å². The van der Waals surface area contributed by atoms with Gasteiger partial charge < -0.3 is 14.2 Å². The van der Waals surface area contributed by atoms with Crippen molar-refractivity contribution >= 4 is 23.7 Å². The molecule has 1 saturated heterocycles. The second-order valence-electron chi connectivity index (χ2n) is 9.19. The van der Waals surface area contributed by atoms with Crippen molar-refractivity contribution in [2.45, 2.75) is 72.7 Å². The second kappa shape index (κ2) is 8.52. The van der Waals surface area contributed by atoms with Gasteiger partial charge in [0.2, 0.25) is 5.60 Å². The molecule has 0 N–H and O–H groups in total. The molecule has 1 aliphatic heterocycles. The first-order chi connectivity index (χ1) is 14.9. The predicted octanol–water partition coefficient (Wildman–Crippen LogP) is 3.54. The van der Waals surface area contributed by atoms with Gasteiger partial charge in [0.05, 0.1) is 5.92 Å². The summed E-state index contributed by atoms with van der Waals surface area (Å²) in [5, 5.41) is 0. The Balaban J connectivity index is 2.11. The molecule has 32 heavy (non-hydrogen) atoms. The van der Waals surface area contributed by atoms with Crippen molar-refractivity contribution < 1.29 is 33.4 Å². The Kier molecular flexibility index (Phi) is 6.31. The van der Waals surface area contributed by atoms with Crippen LogP contribution in [-0.4, -0.2) is 41.5 Å². The number of ether oxygens (including phenoxy) is 3. The minimum Gasteiger partial charge on any atom is -0.458 e. The molecule has 3 rings (SSSR count). The molecule has 0 saturated carbocycles. The summed E-state index contributed by atoms with van der Waals surface area (Å²) in [6, 6.07) is 0. The third-order valence-corrected chi connectivity index (χ3v) is 6.49. The van der Waals surface area contributed by atoms with Crippen molar-refractivity contribution in [1.82, 2.24) is 0 Å². The van der Waals surface area contributed by atoms with Crippen LogP contribution in [0.3, 0.4) is 0 Å². The average Bonchev–Trinajstić information content (AvgIpc) is 3.06. The molecule has 7 heteroatoms. The number of allylic oxidation sites excluding steroid dienone is 3. The Morgan fingerprint density at radius 2 is 1.84 bits per heavy atom. The largest absolute Gasteiger partial charge is 0.458 e. The highest BCUT2D eigenvalue weighted by molar-refractivity contribution is 6.09. The topological polar surface area (TPSA) is 96.0 Å². The van der Waals surface area contributed by atoms with Crippen LogP contribution in [0, 0.1) is 11.8 Å². The van der Waals surface area contributed by atoms with Crippen LogP contribution in [0.1, 0.15) is 54.9 Å². The normalized spacial score (nSPS) is 31.8. The average molecular weight is 443 g/mol. The van der Waals surface area contributed by atoms with Gasteiger partial charge in [-0.15, -0.1) is 0 Å². The monoisotopic (exact) mass is 442 g/mol. The molecule has 2 unspecified atom stereocenters. The SMILES string of the molecule is C/C=C(\C)C(=O)O[C@H]1CC(C)=C2C(=O)C=C(C)C2[C@@H]2OC(=O)[C@@](C)(OC(=O)C=C(C)C)C21. The molecule has 2 aliphatic carbocycles. The molecule has 1 fully saturated rings. The fraction of sp³-hybridized carbons (Fsp3) is 0.520. The number of ketones is 1. The maximum Gasteiger partial charge on any atom is 0.351 e. The molecule has 0 aromatic carbocycles. The van der Waals surface area contributed by atoms with Gasteiger partial charge in [0.25, 0.3) is 0 Å². The summed E-state index contributed by atoms with van der Waals surface area (Å²) in [6.07, 6.45) is 3.09. The van der Waals surface area contributed by atoms with Crippen LogP contribution in [0.5, 0.6) is 0 Å². The Hall–Kier alpha value is -2.96. The Labute approximate surface area is 188 Å². The highest BCUT2D eigenvalue weighted by atomic mass is 16.6. The van der Waals surface area contributed by atoms with E-state index in [-0.39, 0.29) is 12.2 Å².